The highest BCUT2D eigenvalue weighted by Gasteiger charge is 2.41. The third-order valence-corrected chi connectivity index (χ3v) is 9.16. The van der Waals surface area contributed by atoms with Crippen molar-refractivity contribution in [3.8, 4) is 0 Å². The van der Waals surface area contributed by atoms with Gasteiger partial charge in [-0.3, -0.25) is 14.4 Å². The molecule has 0 bridgehead atoms. The molecular formula is C26H30Cl2N4O6S. The van der Waals surface area contributed by atoms with Crippen molar-refractivity contribution in [2.75, 3.05) is 38.9 Å². The predicted molar refractivity (Wildman–Crippen MR) is 147 cm³/mol. The van der Waals surface area contributed by atoms with Gasteiger partial charge in [-0.2, -0.15) is 0 Å². The zero-order chi connectivity index (χ0) is 27.0. The molecule has 0 atom stereocenters. The van der Waals surface area contributed by atoms with E-state index in [1.54, 1.807) is 52.4 Å². The van der Waals surface area contributed by atoms with Gasteiger partial charge < -0.3 is 24.3 Å². The lowest BCUT2D eigenvalue weighted by molar-refractivity contribution is -0.144. The van der Waals surface area contributed by atoms with Crippen LogP contribution in [0.3, 0.4) is 0 Å². The van der Waals surface area contributed by atoms with Crippen LogP contribution in [0.2, 0.25) is 5.02 Å². The summed E-state index contributed by atoms with van der Waals surface area (Å²) >= 11 is 6.01. The van der Waals surface area contributed by atoms with Crippen LogP contribution in [0, 0.1) is 0 Å². The van der Waals surface area contributed by atoms with Gasteiger partial charge in [0.15, 0.2) is 16.6 Å². The van der Waals surface area contributed by atoms with Crippen molar-refractivity contribution in [1.82, 2.24) is 19.6 Å². The minimum Gasteiger partial charge on any atom is -0.444 e. The van der Waals surface area contributed by atoms with Gasteiger partial charge in [-0.05, 0) is 47.9 Å². The summed E-state index contributed by atoms with van der Waals surface area (Å²) in [6, 6.07) is 10.2. The van der Waals surface area contributed by atoms with Crippen molar-refractivity contribution in [1.29, 1.82) is 0 Å². The standard InChI is InChI=1S/C26H29ClN4O6S.ClH/c1-18(32)37-17-28-14-24-26(34)31(16-30(24)15-28)22-6-9-29(10-7-22)25(33)8-11-38(35,36)23-5-3-19-12-21(27)4-2-20(19)13-23;/h2-5,12-14,22H,6-11,15-17H2,1H3;1H. The minimum absolute atomic E-state index is 0. The second-order valence-electron chi connectivity index (χ2n) is 9.80. The number of benzene rings is 2. The third kappa shape index (κ3) is 6.26. The molecule has 39 heavy (non-hydrogen) atoms. The highest BCUT2D eigenvalue weighted by atomic mass is 35.5. The molecule has 3 heterocycles. The topological polar surface area (TPSA) is 108 Å². The first-order chi connectivity index (χ1) is 18.1. The Labute approximate surface area is 238 Å². The lowest BCUT2D eigenvalue weighted by Gasteiger charge is -2.36. The number of hydrogen-bond acceptors (Lipinski definition) is 8. The molecule has 2 amide bonds. The van der Waals surface area contributed by atoms with Crippen molar-refractivity contribution < 1.29 is 27.5 Å². The molecule has 10 nitrogen and oxygen atoms in total. The molecule has 210 valence electrons. The molecule has 0 aromatic heterocycles. The second-order valence-corrected chi connectivity index (χ2v) is 12.3. The highest BCUT2D eigenvalue weighted by Crippen LogP contribution is 2.30. The van der Waals surface area contributed by atoms with Crippen molar-refractivity contribution in [2.45, 2.75) is 37.1 Å². The number of hydrogen-bond donors (Lipinski definition) is 0. The van der Waals surface area contributed by atoms with Crippen molar-refractivity contribution in [3.63, 3.8) is 0 Å². The smallest absolute Gasteiger partial charge is 0.304 e. The van der Waals surface area contributed by atoms with Crippen LogP contribution in [0.1, 0.15) is 26.2 Å². The molecule has 0 N–H and O–H groups in total. The van der Waals surface area contributed by atoms with Crippen LogP contribution >= 0.6 is 24.0 Å². The van der Waals surface area contributed by atoms with E-state index in [2.05, 4.69) is 0 Å². The van der Waals surface area contributed by atoms with E-state index >= 15 is 0 Å². The molecule has 0 aliphatic carbocycles. The number of rotatable bonds is 7. The first-order valence-electron chi connectivity index (χ1n) is 12.5. The maximum atomic E-state index is 13.0. The van der Waals surface area contributed by atoms with Crippen LogP contribution in [0.25, 0.3) is 10.8 Å². The van der Waals surface area contributed by atoms with Crippen molar-refractivity contribution in [3.05, 3.63) is 53.3 Å². The number of carbonyl (C=O) groups is 3. The van der Waals surface area contributed by atoms with Crippen LogP contribution in [0.15, 0.2) is 53.2 Å². The fourth-order valence-electron chi connectivity index (χ4n) is 5.14. The lowest BCUT2D eigenvalue weighted by Crippen LogP contribution is -2.48. The number of ether oxygens (including phenoxy) is 1. The Morgan fingerprint density at radius 2 is 1.74 bits per heavy atom. The summed E-state index contributed by atoms with van der Waals surface area (Å²) < 4.78 is 30.8. The first-order valence-corrected chi connectivity index (χ1v) is 14.5. The van der Waals surface area contributed by atoms with Gasteiger partial charge >= 0.3 is 5.97 Å². The Morgan fingerprint density at radius 1 is 1.05 bits per heavy atom. The number of amides is 2. The number of carbonyl (C=O) groups excluding carboxylic acids is 3. The summed E-state index contributed by atoms with van der Waals surface area (Å²) in [5, 5.41) is 2.20. The Hall–Kier alpha value is -3.02. The summed E-state index contributed by atoms with van der Waals surface area (Å²) in [6.07, 6.45) is 2.90. The Balaban J connectivity index is 0.00000353. The molecule has 2 aromatic rings. The van der Waals surface area contributed by atoms with E-state index in [1.165, 1.54) is 6.92 Å². The number of nitrogens with zero attached hydrogens (tertiary/aromatic N) is 4. The molecule has 0 radical (unpaired) electrons. The quantitative estimate of drug-likeness (QED) is 0.449. The first kappa shape index (κ1) is 29.0. The molecule has 3 aliphatic rings. The molecule has 0 unspecified atom stereocenters. The average molecular weight is 598 g/mol. The molecule has 0 spiro atoms. The second kappa shape index (κ2) is 11.6. The largest absolute Gasteiger partial charge is 0.444 e. The number of likely N-dealkylation sites (tertiary alicyclic amines) is 1. The normalized spacial score (nSPS) is 17.8. The zero-order valence-electron chi connectivity index (χ0n) is 21.4. The molecule has 2 aromatic carbocycles. The maximum absolute atomic E-state index is 13.0. The average Bonchev–Trinajstić information content (AvgIpc) is 3.44. The van der Waals surface area contributed by atoms with E-state index in [9.17, 15) is 22.8 Å². The van der Waals surface area contributed by atoms with Gasteiger partial charge in [-0.15, -0.1) is 12.4 Å². The minimum atomic E-state index is -3.63. The fourth-order valence-corrected chi connectivity index (χ4v) is 6.58. The third-order valence-electron chi connectivity index (χ3n) is 7.21. The number of piperidine rings is 1. The van der Waals surface area contributed by atoms with Crippen LogP contribution in [0.4, 0.5) is 0 Å². The van der Waals surface area contributed by atoms with Gasteiger partial charge in [0.05, 0.1) is 24.0 Å². The molecule has 3 aliphatic heterocycles. The van der Waals surface area contributed by atoms with E-state index in [-0.39, 0.29) is 60.0 Å². The Morgan fingerprint density at radius 3 is 2.44 bits per heavy atom. The number of sulfone groups is 1. The number of halogens is 2. The summed E-state index contributed by atoms with van der Waals surface area (Å²) in [5.41, 5.74) is 0.581. The SMILES string of the molecule is CC(=O)OCN1C=C2C(=O)N(C3CCN(C(=O)CCS(=O)(=O)c4ccc5cc(Cl)ccc5c4)CC3)CN2C1.Cl. The highest BCUT2D eigenvalue weighted by molar-refractivity contribution is 7.91. The lowest BCUT2D eigenvalue weighted by atomic mass is 10.0. The fraction of sp³-hybridized carbons (Fsp3) is 0.423. The van der Waals surface area contributed by atoms with Crippen LogP contribution in [0.5, 0.6) is 0 Å². The van der Waals surface area contributed by atoms with Crippen LogP contribution in [-0.2, 0) is 29.0 Å². The van der Waals surface area contributed by atoms with E-state index < -0.39 is 9.84 Å². The van der Waals surface area contributed by atoms with Gasteiger partial charge in [-0.1, -0.05) is 23.7 Å². The Kier molecular flexibility index (Phi) is 8.63. The molecule has 2 fully saturated rings. The van der Waals surface area contributed by atoms with Gasteiger partial charge in [-0.25, -0.2) is 8.42 Å². The van der Waals surface area contributed by atoms with Gasteiger partial charge in [0.1, 0.15) is 5.70 Å². The summed E-state index contributed by atoms with van der Waals surface area (Å²) in [7, 11) is -3.63. The summed E-state index contributed by atoms with van der Waals surface area (Å²) in [6.45, 7) is 3.32. The van der Waals surface area contributed by atoms with Crippen LogP contribution < -0.4 is 0 Å². The van der Waals surface area contributed by atoms with E-state index in [0.29, 0.717) is 50.0 Å². The Bertz CT molecular complexity index is 1420. The molecule has 2 saturated heterocycles. The van der Waals surface area contributed by atoms with Gasteiger partial charge in [0.25, 0.3) is 5.91 Å². The number of esters is 1. The van der Waals surface area contributed by atoms with Crippen LogP contribution in [-0.4, -0.2) is 90.8 Å². The van der Waals surface area contributed by atoms with E-state index in [1.807, 2.05) is 9.80 Å². The molecule has 13 heteroatoms. The predicted octanol–water partition coefficient (Wildman–Crippen LogP) is 2.81. The zero-order valence-corrected chi connectivity index (χ0v) is 23.8. The van der Waals surface area contributed by atoms with Crippen molar-refractivity contribution in [2.24, 2.45) is 0 Å². The van der Waals surface area contributed by atoms with Gasteiger partial charge in [0, 0.05) is 43.7 Å². The van der Waals surface area contributed by atoms with E-state index in [4.69, 9.17) is 16.3 Å². The van der Waals surface area contributed by atoms with E-state index in [0.717, 1.165) is 10.8 Å². The molecule has 5 rings (SSSR count). The maximum Gasteiger partial charge on any atom is 0.304 e. The summed E-state index contributed by atoms with van der Waals surface area (Å²) in [5.74, 6) is -0.898. The molecule has 0 saturated carbocycles. The molecular weight excluding hydrogens is 567 g/mol. The van der Waals surface area contributed by atoms with Gasteiger partial charge in [0.2, 0.25) is 5.91 Å². The van der Waals surface area contributed by atoms with Crippen molar-refractivity contribution >= 4 is 62.4 Å². The number of fused-ring (bicyclic) bond motifs is 2. The monoisotopic (exact) mass is 596 g/mol. The summed E-state index contributed by atoms with van der Waals surface area (Å²) in [4.78, 5) is 44.2.